The molecule has 0 saturated heterocycles. The molecule has 3 rings (SSSR count). The van der Waals surface area contributed by atoms with E-state index in [0.29, 0.717) is 15.8 Å². The second kappa shape index (κ2) is 4.63. The van der Waals surface area contributed by atoms with Crippen LogP contribution in [0.1, 0.15) is 27.9 Å². The molecule has 0 saturated carbocycles. The highest BCUT2D eigenvalue weighted by Crippen LogP contribution is 2.26. The van der Waals surface area contributed by atoms with Crippen molar-refractivity contribution in [1.29, 1.82) is 0 Å². The lowest BCUT2D eigenvalue weighted by molar-refractivity contribution is 0.101. The molecule has 2 nitrogen and oxygen atoms in total. The number of carbonyl (C=O) groups is 1. The molecule has 0 bridgehead atoms. The summed E-state index contributed by atoms with van der Waals surface area (Å²) in [4.78, 5) is 13.1. The highest BCUT2D eigenvalue weighted by molar-refractivity contribution is 7.12. The molecule has 96 valence electrons. The maximum Gasteiger partial charge on any atom is 0.238 e. The summed E-state index contributed by atoms with van der Waals surface area (Å²) in [5.74, 6) is -0.209. The number of hydrogen-bond acceptors (Lipinski definition) is 3. The van der Waals surface area contributed by atoms with Crippen LogP contribution in [0.15, 0.2) is 40.1 Å². The minimum atomic E-state index is -0.335. The van der Waals surface area contributed by atoms with E-state index in [4.69, 9.17) is 4.42 Å². The fourth-order valence-electron chi connectivity index (χ4n) is 2.05. The molecule has 0 aliphatic carbocycles. The van der Waals surface area contributed by atoms with E-state index in [1.54, 1.807) is 6.07 Å². The topological polar surface area (TPSA) is 30.2 Å². The van der Waals surface area contributed by atoms with Gasteiger partial charge in [0.1, 0.15) is 11.4 Å². The smallest absolute Gasteiger partial charge is 0.238 e. The number of carbonyl (C=O) groups excluding carboxylic acids is 1. The fraction of sp³-hybridized carbons (Fsp3) is 0.133. The van der Waals surface area contributed by atoms with Crippen LogP contribution in [0.5, 0.6) is 0 Å². The Morgan fingerprint density at radius 3 is 2.95 bits per heavy atom. The number of aryl methyl sites for hydroxylation is 1. The SMILES string of the molecule is CCc1ccsc1C(=O)c1cc2cc(F)ccc2o1. The standard InChI is InChI=1S/C15H11FO2S/c1-2-9-5-6-19-15(9)14(17)13-8-10-7-11(16)3-4-12(10)18-13/h3-8H,2H2,1H3. The average Bonchev–Trinajstić information content (AvgIpc) is 3.03. The Hall–Kier alpha value is -1.94. The van der Waals surface area contributed by atoms with Crippen molar-refractivity contribution in [3.8, 4) is 0 Å². The van der Waals surface area contributed by atoms with Gasteiger partial charge in [0.05, 0.1) is 4.88 Å². The number of hydrogen-bond donors (Lipinski definition) is 0. The monoisotopic (exact) mass is 274 g/mol. The highest BCUT2D eigenvalue weighted by atomic mass is 32.1. The van der Waals surface area contributed by atoms with Gasteiger partial charge >= 0.3 is 0 Å². The van der Waals surface area contributed by atoms with Crippen LogP contribution in [0.2, 0.25) is 0 Å². The Morgan fingerprint density at radius 2 is 2.16 bits per heavy atom. The van der Waals surface area contributed by atoms with Crippen molar-refractivity contribution in [3.63, 3.8) is 0 Å². The summed E-state index contributed by atoms with van der Waals surface area (Å²) >= 11 is 1.41. The Balaban J connectivity index is 2.07. The summed E-state index contributed by atoms with van der Waals surface area (Å²) in [5, 5.41) is 2.51. The summed E-state index contributed by atoms with van der Waals surface area (Å²) < 4.78 is 18.6. The first-order valence-electron chi connectivity index (χ1n) is 5.99. The van der Waals surface area contributed by atoms with E-state index in [9.17, 15) is 9.18 Å². The van der Waals surface area contributed by atoms with E-state index < -0.39 is 0 Å². The molecular formula is C15H11FO2S. The van der Waals surface area contributed by atoms with Gasteiger partial charge in [-0.15, -0.1) is 11.3 Å². The second-order valence-corrected chi connectivity index (χ2v) is 5.17. The molecule has 0 spiro atoms. The van der Waals surface area contributed by atoms with Crippen LogP contribution in [-0.2, 0) is 6.42 Å². The summed E-state index contributed by atoms with van der Waals surface area (Å²) in [7, 11) is 0. The zero-order valence-electron chi connectivity index (χ0n) is 10.3. The molecule has 0 aliphatic rings. The molecule has 2 heterocycles. The first-order chi connectivity index (χ1) is 9.19. The third-order valence-corrected chi connectivity index (χ3v) is 3.99. The quantitative estimate of drug-likeness (QED) is 0.661. The normalized spacial score (nSPS) is 11.1. The minimum Gasteiger partial charge on any atom is -0.453 e. The number of thiophene rings is 1. The van der Waals surface area contributed by atoms with Gasteiger partial charge in [-0.2, -0.15) is 0 Å². The zero-order chi connectivity index (χ0) is 13.4. The number of rotatable bonds is 3. The lowest BCUT2D eigenvalue weighted by atomic mass is 10.1. The van der Waals surface area contributed by atoms with Crippen LogP contribution in [0, 0.1) is 5.82 Å². The predicted molar refractivity (Wildman–Crippen MR) is 73.3 cm³/mol. The van der Waals surface area contributed by atoms with Gasteiger partial charge in [-0.05, 0) is 47.7 Å². The number of furan rings is 1. The molecule has 19 heavy (non-hydrogen) atoms. The largest absolute Gasteiger partial charge is 0.453 e. The third kappa shape index (κ3) is 2.08. The number of halogens is 1. The molecule has 0 atom stereocenters. The van der Waals surface area contributed by atoms with Crippen LogP contribution < -0.4 is 0 Å². The molecule has 0 N–H and O–H groups in total. The van der Waals surface area contributed by atoms with Gasteiger partial charge in [0.2, 0.25) is 5.78 Å². The fourth-order valence-corrected chi connectivity index (χ4v) is 2.99. The van der Waals surface area contributed by atoms with E-state index >= 15 is 0 Å². The highest BCUT2D eigenvalue weighted by Gasteiger charge is 2.18. The Morgan fingerprint density at radius 1 is 1.32 bits per heavy atom. The maximum atomic E-state index is 13.1. The Kier molecular flexibility index (Phi) is 2.95. The predicted octanol–water partition coefficient (Wildman–Crippen LogP) is 4.43. The summed E-state index contributed by atoms with van der Waals surface area (Å²) in [6, 6.07) is 7.77. The molecule has 4 heteroatoms. The number of ketones is 1. The second-order valence-electron chi connectivity index (χ2n) is 4.25. The molecule has 1 aromatic carbocycles. The lowest BCUT2D eigenvalue weighted by Crippen LogP contribution is -1.99. The van der Waals surface area contributed by atoms with E-state index in [0.717, 1.165) is 12.0 Å². The van der Waals surface area contributed by atoms with Crippen molar-refractivity contribution in [2.24, 2.45) is 0 Å². The van der Waals surface area contributed by atoms with Crippen LogP contribution in [0.3, 0.4) is 0 Å². The van der Waals surface area contributed by atoms with Gasteiger partial charge in [-0.3, -0.25) is 4.79 Å². The van der Waals surface area contributed by atoms with Gasteiger partial charge in [0.15, 0.2) is 5.76 Å². The van der Waals surface area contributed by atoms with E-state index in [2.05, 4.69) is 0 Å². The van der Waals surface area contributed by atoms with E-state index in [1.165, 1.54) is 29.5 Å². The molecule has 0 radical (unpaired) electrons. The van der Waals surface area contributed by atoms with Gasteiger partial charge in [0, 0.05) is 5.39 Å². The average molecular weight is 274 g/mol. The maximum absolute atomic E-state index is 13.1. The van der Waals surface area contributed by atoms with Crippen molar-refractivity contribution in [2.45, 2.75) is 13.3 Å². The molecule has 2 aromatic heterocycles. The first kappa shape index (κ1) is 12.1. The molecule has 3 aromatic rings. The van der Waals surface area contributed by atoms with Gasteiger partial charge in [0.25, 0.3) is 0 Å². The number of fused-ring (bicyclic) bond motifs is 1. The number of benzene rings is 1. The molecule has 0 fully saturated rings. The Bertz CT molecular complexity index is 754. The molecule has 0 unspecified atom stereocenters. The van der Waals surface area contributed by atoms with Crippen LogP contribution in [0.25, 0.3) is 11.0 Å². The molecular weight excluding hydrogens is 263 g/mol. The first-order valence-corrected chi connectivity index (χ1v) is 6.87. The van der Waals surface area contributed by atoms with Crippen LogP contribution in [0.4, 0.5) is 4.39 Å². The lowest BCUT2D eigenvalue weighted by Gasteiger charge is -1.97. The van der Waals surface area contributed by atoms with Crippen LogP contribution in [-0.4, -0.2) is 5.78 Å². The van der Waals surface area contributed by atoms with Crippen molar-refractivity contribution in [3.05, 3.63) is 57.7 Å². The summed E-state index contributed by atoms with van der Waals surface area (Å²) in [6.45, 7) is 2.01. The third-order valence-electron chi connectivity index (χ3n) is 3.04. The van der Waals surface area contributed by atoms with Crippen LogP contribution >= 0.6 is 11.3 Å². The van der Waals surface area contributed by atoms with E-state index in [-0.39, 0.29) is 17.4 Å². The van der Waals surface area contributed by atoms with Crippen molar-refractivity contribution < 1.29 is 13.6 Å². The van der Waals surface area contributed by atoms with Crippen molar-refractivity contribution in [2.75, 3.05) is 0 Å². The summed E-state index contributed by atoms with van der Waals surface area (Å²) in [6.07, 6.45) is 0.805. The Labute approximate surface area is 113 Å². The van der Waals surface area contributed by atoms with Crippen molar-refractivity contribution in [1.82, 2.24) is 0 Å². The minimum absolute atomic E-state index is 0.136. The van der Waals surface area contributed by atoms with Gasteiger partial charge < -0.3 is 4.42 Å². The van der Waals surface area contributed by atoms with Gasteiger partial charge in [-0.1, -0.05) is 6.92 Å². The summed E-state index contributed by atoms with van der Waals surface area (Å²) in [5.41, 5.74) is 1.54. The van der Waals surface area contributed by atoms with Crippen molar-refractivity contribution >= 4 is 28.1 Å². The molecule has 0 amide bonds. The molecule has 0 aliphatic heterocycles. The van der Waals surface area contributed by atoms with E-state index in [1.807, 2.05) is 18.4 Å². The van der Waals surface area contributed by atoms with Gasteiger partial charge in [-0.25, -0.2) is 4.39 Å². The zero-order valence-corrected chi connectivity index (χ0v) is 11.1.